The SMILES string of the molecule is CCCCn1c(N)c(N(CCC)C(=O)/C=C/c2cccc(C)c2)c(=O)[nH]c1=O. The van der Waals surface area contributed by atoms with Crippen molar-refractivity contribution in [3.8, 4) is 0 Å². The molecule has 0 aliphatic heterocycles. The van der Waals surface area contributed by atoms with Crippen LogP contribution in [0.1, 0.15) is 44.2 Å². The molecule has 2 aromatic rings. The minimum absolute atomic E-state index is 0.0213. The fraction of sp³-hybridized carbons (Fsp3) is 0.381. The smallest absolute Gasteiger partial charge is 0.330 e. The summed E-state index contributed by atoms with van der Waals surface area (Å²) in [5.41, 5.74) is 6.94. The molecule has 0 saturated carbocycles. The molecule has 150 valence electrons. The molecule has 7 nitrogen and oxygen atoms in total. The lowest BCUT2D eigenvalue weighted by Gasteiger charge is -2.23. The van der Waals surface area contributed by atoms with Gasteiger partial charge in [-0.15, -0.1) is 0 Å². The first-order chi connectivity index (χ1) is 13.4. The molecule has 0 aliphatic rings. The Morgan fingerprint density at radius 1 is 1.25 bits per heavy atom. The standard InChI is InChI=1S/C21H28N4O3/c1-4-6-13-25-19(22)18(20(27)23-21(25)28)24(12-5-2)17(26)11-10-16-9-7-8-15(3)14-16/h7-11,14H,4-6,12-13,22H2,1-3H3,(H,23,27,28)/b11-10+. The first kappa shape index (κ1) is 21.2. The molecular formula is C21H28N4O3. The van der Waals surface area contributed by atoms with E-state index in [4.69, 9.17) is 5.73 Å². The van der Waals surface area contributed by atoms with Crippen LogP contribution in [0.3, 0.4) is 0 Å². The number of nitrogens with one attached hydrogen (secondary N) is 1. The van der Waals surface area contributed by atoms with E-state index in [1.165, 1.54) is 15.5 Å². The minimum atomic E-state index is -0.652. The van der Waals surface area contributed by atoms with Gasteiger partial charge >= 0.3 is 5.69 Å². The number of nitrogen functional groups attached to an aromatic ring is 1. The Bertz CT molecular complexity index is 972. The number of H-pyrrole nitrogens is 1. The topological polar surface area (TPSA) is 101 Å². The van der Waals surface area contributed by atoms with Crippen molar-refractivity contribution in [2.24, 2.45) is 0 Å². The number of carbonyl (C=O) groups is 1. The fourth-order valence-corrected chi connectivity index (χ4v) is 2.96. The second-order valence-electron chi connectivity index (χ2n) is 6.74. The average Bonchev–Trinajstić information content (AvgIpc) is 2.65. The zero-order valence-electron chi connectivity index (χ0n) is 16.7. The van der Waals surface area contributed by atoms with Crippen molar-refractivity contribution in [3.05, 3.63) is 62.3 Å². The zero-order chi connectivity index (χ0) is 20.7. The van der Waals surface area contributed by atoms with E-state index in [0.29, 0.717) is 19.5 Å². The van der Waals surface area contributed by atoms with Gasteiger partial charge in [-0.3, -0.25) is 19.1 Å². The van der Waals surface area contributed by atoms with Crippen LogP contribution < -0.4 is 21.9 Å². The van der Waals surface area contributed by atoms with E-state index in [1.54, 1.807) is 6.08 Å². The Hall–Kier alpha value is -3.09. The fourth-order valence-electron chi connectivity index (χ4n) is 2.96. The lowest BCUT2D eigenvalue weighted by molar-refractivity contribution is -0.114. The van der Waals surface area contributed by atoms with Gasteiger partial charge in [-0.05, 0) is 31.4 Å². The Balaban J connectivity index is 2.43. The molecule has 2 rings (SSSR count). The quantitative estimate of drug-likeness (QED) is 0.683. The number of anilines is 2. The van der Waals surface area contributed by atoms with Crippen molar-refractivity contribution in [1.82, 2.24) is 9.55 Å². The van der Waals surface area contributed by atoms with Gasteiger partial charge in [0.15, 0.2) is 5.69 Å². The molecule has 0 radical (unpaired) electrons. The van der Waals surface area contributed by atoms with Crippen LogP contribution >= 0.6 is 0 Å². The maximum Gasteiger partial charge on any atom is 0.330 e. The van der Waals surface area contributed by atoms with Gasteiger partial charge in [-0.1, -0.05) is 50.1 Å². The molecule has 0 fully saturated rings. The zero-order valence-corrected chi connectivity index (χ0v) is 16.7. The number of amides is 1. The summed E-state index contributed by atoms with van der Waals surface area (Å²) in [6, 6.07) is 7.74. The summed E-state index contributed by atoms with van der Waals surface area (Å²) < 4.78 is 1.32. The molecule has 3 N–H and O–H groups in total. The molecule has 1 aromatic heterocycles. The number of unbranched alkanes of at least 4 members (excludes halogenated alkanes) is 1. The first-order valence-corrected chi connectivity index (χ1v) is 9.57. The Labute approximate surface area is 164 Å². The summed E-state index contributed by atoms with van der Waals surface area (Å²) in [6.07, 6.45) is 5.37. The van der Waals surface area contributed by atoms with Gasteiger partial charge in [-0.2, -0.15) is 0 Å². The van der Waals surface area contributed by atoms with E-state index in [9.17, 15) is 14.4 Å². The predicted molar refractivity (Wildman–Crippen MR) is 114 cm³/mol. The largest absolute Gasteiger partial charge is 0.383 e. The highest BCUT2D eigenvalue weighted by Gasteiger charge is 2.22. The van der Waals surface area contributed by atoms with E-state index in [2.05, 4.69) is 4.98 Å². The highest BCUT2D eigenvalue weighted by Crippen LogP contribution is 2.18. The third kappa shape index (κ3) is 5.00. The summed E-state index contributed by atoms with van der Waals surface area (Å²) in [7, 11) is 0. The van der Waals surface area contributed by atoms with Crippen LogP contribution in [-0.4, -0.2) is 22.0 Å². The summed E-state index contributed by atoms with van der Waals surface area (Å²) >= 11 is 0. The molecule has 0 spiro atoms. The lowest BCUT2D eigenvalue weighted by atomic mass is 10.1. The van der Waals surface area contributed by atoms with Crippen LogP contribution in [0.2, 0.25) is 0 Å². The molecule has 1 aromatic carbocycles. The number of rotatable bonds is 8. The van der Waals surface area contributed by atoms with E-state index >= 15 is 0 Å². The van der Waals surface area contributed by atoms with Crippen LogP contribution in [0.25, 0.3) is 6.08 Å². The number of carbonyl (C=O) groups excluding carboxylic acids is 1. The van der Waals surface area contributed by atoms with Crippen molar-refractivity contribution in [3.63, 3.8) is 0 Å². The molecule has 0 saturated heterocycles. The second-order valence-corrected chi connectivity index (χ2v) is 6.74. The van der Waals surface area contributed by atoms with Crippen LogP contribution in [-0.2, 0) is 11.3 Å². The molecule has 1 heterocycles. The summed E-state index contributed by atoms with van der Waals surface area (Å²) in [6.45, 7) is 6.58. The maximum atomic E-state index is 12.8. The lowest BCUT2D eigenvalue weighted by Crippen LogP contribution is -2.41. The molecule has 1 amide bonds. The predicted octanol–water partition coefficient (Wildman–Crippen LogP) is 2.68. The van der Waals surface area contributed by atoms with Crippen LogP contribution in [0.15, 0.2) is 39.9 Å². The van der Waals surface area contributed by atoms with Crippen molar-refractivity contribution in [2.75, 3.05) is 17.2 Å². The number of benzene rings is 1. The van der Waals surface area contributed by atoms with Crippen molar-refractivity contribution < 1.29 is 4.79 Å². The van der Waals surface area contributed by atoms with Crippen LogP contribution in [0, 0.1) is 6.92 Å². The molecule has 28 heavy (non-hydrogen) atoms. The first-order valence-electron chi connectivity index (χ1n) is 9.57. The third-order valence-electron chi connectivity index (χ3n) is 4.39. The number of nitrogens with zero attached hydrogens (tertiary/aromatic N) is 2. The monoisotopic (exact) mass is 384 g/mol. The Morgan fingerprint density at radius 2 is 2.00 bits per heavy atom. The van der Waals surface area contributed by atoms with Crippen molar-refractivity contribution >= 4 is 23.5 Å². The van der Waals surface area contributed by atoms with Gasteiger partial charge in [-0.25, -0.2) is 4.79 Å². The molecule has 7 heteroatoms. The number of hydrogen-bond acceptors (Lipinski definition) is 4. The van der Waals surface area contributed by atoms with E-state index < -0.39 is 11.2 Å². The molecule has 0 aliphatic carbocycles. The minimum Gasteiger partial charge on any atom is -0.383 e. The normalized spacial score (nSPS) is 11.1. The van der Waals surface area contributed by atoms with Crippen molar-refractivity contribution in [1.29, 1.82) is 0 Å². The Morgan fingerprint density at radius 3 is 2.64 bits per heavy atom. The number of aryl methyl sites for hydroxylation is 1. The van der Waals surface area contributed by atoms with Gasteiger partial charge in [0.2, 0.25) is 0 Å². The highest BCUT2D eigenvalue weighted by atomic mass is 16.2. The molecule has 0 bridgehead atoms. The van der Waals surface area contributed by atoms with Gasteiger partial charge in [0, 0.05) is 19.2 Å². The van der Waals surface area contributed by atoms with Gasteiger partial charge in [0.05, 0.1) is 0 Å². The average molecular weight is 384 g/mol. The van der Waals surface area contributed by atoms with Gasteiger partial charge < -0.3 is 10.6 Å². The van der Waals surface area contributed by atoms with Crippen LogP contribution in [0.4, 0.5) is 11.5 Å². The van der Waals surface area contributed by atoms with Gasteiger partial charge in [0.1, 0.15) is 5.82 Å². The van der Waals surface area contributed by atoms with Crippen molar-refractivity contribution in [2.45, 2.75) is 46.6 Å². The molecule has 0 unspecified atom stereocenters. The number of nitrogens with two attached hydrogens (primary N) is 1. The summed E-state index contributed by atoms with van der Waals surface area (Å²) in [5, 5.41) is 0. The molecule has 0 atom stereocenters. The number of aromatic nitrogens is 2. The van der Waals surface area contributed by atoms with E-state index in [-0.39, 0.29) is 17.4 Å². The highest BCUT2D eigenvalue weighted by molar-refractivity contribution is 6.05. The van der Waals surface area contributed by atoms with Gasteiger partial charge in [0.25, 0.3) is 11.5 Å². The third-order valence-corrected chi connectivity index (χ3v) is 4.39. The van der Waals surface area contributed by atoms with E-state index in [1.807, 2.05) is 45.0 Å². The summed E-state index contributed by atoms with van der Waals surface area (Å²) in [5.74, 6) is -0.339. The molecular weight excluding hydrogens is 356 g/mol. The Kier molecular flexibility index (Phi) is 7.37. The second kappa shape index (κ2) is 9.73. The maximum absolute atomic E-state index is 12.8. The van der Waals surface area contributed by atoms with E-state index in [0.717, 1.165) is 24.0 Å². The number of hydrogen-bond donors (Lipinski definition) is 2. The van der Waals surface area contributed by atoms with Crippen LogP contribution in [0.5, 0.6) is 0 Å². The summed E-state index contributed by atoms with van der Waals surface area (Å²) in [4.78, 5) is 41.1. The number of aromatic amines is 1.